The first-order chi connectivity index (χ1) is 18.7. The number of thiazole rings is 1. The first-order valence-electron chi connectivity index (χ1n) is 11.2. The van der Waals surface area contributed by atoms with Crippen LogP contribution in [0.2, 0.25) is 0 Å². The Morgan fingerprint density at radius 3 is 2.54 bits per heavy atom. The second-order valence-corrected chi connectivity index (χ2v) is 9.37. The van der Waals surface area contributed by atoms with Crippen molar-refractivity contribution in [3.05, 3.63) is 105 Å². The lowest BCUT2D eigenvalue weighted by molar-refractivity contribution is -0.120. The Hall–Kier alpha value is -4.62. The minimum Gasteiger partial charge on any atom is -0.733 e. The van der Waals surface area contributed by atoms with Gasteiger partial charge in [-0.15, -0.1) is 11.3 Å². The van der Waals surface area contributed by atoms with Gasteiger partial charge in [0.05, 0.1) is 17.1 Å². The minimum atomic E-state index is -0.767. The summed E-state index contributed by atoms with van der Waals surface area (Å²) in [7, 11) is 0. The van der Waals surface area contributed by atoms with E-state index in [2.05, 4.69) is 15.6 Å². The molecule has 10 nitrogen and oxygen atoms in total. The molecule has 5 rings (SSSR count). The molecule has 1 aliphatic heterocycles. The van der Waals surface area contributed by atoms with Crippen LogP contribution in [-0.4, -0.2) is 27.9 Å². The summed E-state index contributed by atoms with van der Waals surface area (Å²) in [5.74, 6) is -2.51. The van der Waals surface area contributed by atoms with Gasteiger partial charge < -0.3 is 15.8 Å². The molecule has 3 amide bonds. The molecule has 3 aromatic carbocycles. The maximum absolute atomic E-state index is 13.3. The van der Waals surface area contributed by atoms with Crippen molar-refractivity contribution in [3.63, 3.8) is 0 Å². The van der Waals surface area contributed by atoms with Gasteiger partial charge in [0.15, 0.2) is 5.13 Å². The van der Waals surface area contributed by atoms with Crippen molar-refractivity contribution < 1.29 is 24.0 Å². The van der Waals surface area contributed by atoms with E-state index in [1.165, 1.54) is 30.3 Å². The van der Waals surface area contributed by atoms with Gasteiger partial charge in [-0.1, -0.05) is 29.8 Å². The molecule has 4 aromatic rings. The smallest absolute Gasteiger partial charge is 0.283 e. The highest BCUT2D eigenvalue weighted by Gasteiger charge is 2.39. The highest BCUT2D eigenvalue weighted by atomic mass is 35.5. The zero-order valence-electron chi connectivity index (χ0n) is 19.6. The number of hydrogen-bond acceptors (Lipinski definition) is 9. The van der Waals surface area contributed by atoms with Gasteiger partial charge in [0, 0.05) is 22.2 Å². The lowest BCUT2D eigenvalue weighted by Crippen LogP contribution is -2.32. The first-order valence-corrected chi connectivity index (χ1v) is 12.4. The first kappa shape index (κ1) is 26.0. The monoisotopic (exact) mass is 564 g/mol. The summed E-state index contributed by atoms with van der Waals surface area (Å²) in [6.07, 6.45) is 0. The normalized spacial score (nSPS) is 13.2. The Morgan fingerprint density at radius 1 is 1.05 bits per heavy atom. The summed E-state index contributed by atoms with van der Waals surface area (Å²) in [5, 5.41) is 27.1. The van der Waals surface area contributed by atoms with E-state index in [4.69, 9.17) is 16.8 Å². The fourth-order valence-electron chi connectivity index (χ4n) is 3.74. The van der Waals surface area contributed by atoms with Gasteiger partial charge >= 0.3 is 0 Å². The van der Waals surface area contributed by atoms with E-state index in [0.717, 1.165) is 28.4 Å². The Bertz CT molecular complexity index is 1640. The third-order valence-corrected chi connectivity index (χ3v) is 6.70. The van der Waals surface area contributed by atoms with Crippen LogP contribution in [0.1, 0.15) is 10.4 Å². The highest BCUT2D eigenvalue weighted by molar-refractivity contribution is 7.14. The van der Waals surface area contributed by atoms with Crippen LogP contribution >= 0.6 is 22.9 Å². The molecule has 0 radical (unpaired) electrons. The highest BCUT2D eigenvalue weighted by Crippen LogP contribution is 2.31. The zero-order valence-corrected chi connectivity index (χ0v) is 21.2. The number of anilines is 4. The van der Waals surface area contributed by atoms with Crippen molar-refractivity contribution in [2.45, 2.75) is 0 Å². The van der Waals surface area contributed by atoms with Crippen LogP contribution in [0, 0.1) is 11.0 Å². The van der Waals surface area contributed by atoms with Crippen LogP contribution in [-0.2, 0) is 9.59 Å². The summed E-state index contributed by atoms with van der Waals surface area (Å²) in [5.41, 5.74) is 1.62. The van der Waals surface area contributed by atoms with E-state index in [0.29, 0.717) is 22.1 Å². The van der Waals surface area contributed by atoms with E-state index in [1.807, 2.05) is 0 Å². The number of nitrogens with zero attached hydrogens (tertiary/aromatic N) is 3. The Labute approximate surface area is 229 Å². The van der Waals surface area contributed by atoms with E-state index >= 15 is 0 Å². The number of aromatic nitrogens is 1. The number of rotatable bonds is 7. The van der Waals surface area contributed by atoms with Crippen LogP contribution in [0.5, 0.6) is 0 Å². The predicted octanol–water partition coefficient (Wildman–Crippen LogP) is 5.33. The van der Waals surface area contributed by atoms with Crippen LogP contribution in [0.25, 0.3) is 11.3 Å². The quantitative estimate of drug-likeness (QED) is 0.202. The van der Waals surface area contributed by atoms with Crippen molar-refractivity contribution in [2.24, 2.45) is 0 Å². The average Bonchev–Trinajstić information content (AvgIpc) is 3.48. The fourth-order valence-corrected chi connectivity index (χ4v) is 4.66. The molecule has 3 N–H and O–H groups in total. The molecule has 0 bridgehead atoms. The Morgan fingerprint density at radius 2 is 1.79 bits per heavy atom. The molecule has 13 heteroatoms. The number of hydrogen-bond donors (Lipinski definition) is 3. The molecule has 39 heavy (non-hydrogen) atoms. The maximum Gasteiger partial charge on any atom is 0.283 e. The Balaban J connectivity index is 1.30. The molecule has 0 aliphatic carbocycles. The van der Waals surface area contributed by atoms with Gasteiger partial charge in [0.1, 0.15) is 16.5 Å². The van der Waals surface area contributed by atoms with Crippen molar-refractivity contribution in [3.8, 4) is 11.3 Å². The van der Waals surface area contributed by atoms with Crippen LogP contribution in [0.15, 0.2) is 88.9 Å². The van der Waals surface area contributed by atoms with Gasteiger partial charge in [0.2, 0.25) is 0 Å². The zero-order chi connectivity index (χ0) is 27.7. The number of halogens is 2. The molecule has 2 heterocycles. The van der Waals surface area contributed by atoms with Gasteiger partial charge in [-0.3, -0.25) is 24.9 Å². The maximum atomic E-state index is 13.3. The lowest BCUT2D eigenvalue weighted by atomic mass is 10.1. The molecular weight excluding hydrogens is 549 g/mol. The summed E-state index contributed by atoms with van der Waals surface area (Å²) in [4.78, 5) is 43.6. The number of nitrogens with one attached hydrogen (secondary N) is 2. The number of carbonyl (C=O) groups is 3. The van der Waals surface area contributed by atoms with Crippen LogP contribution < -0.4 is 20.8 Å². The van der Waals surface area contributed by atoms with Crippen LogP contribution in [0.4, 0.5) is 26.6 Å². The molecule has 0 atom stereocenters. The number of imide groups is 1. The van der Waals surface area contributed by atoms with Gasteiger partial charge in [-0.2, -0.15) is 0 Å². The van der Waals surface area contributed by atoms with Gasteiger partial charge in [-0.25, -0.2) is 14.3 Å². The number of carbonyl (C=O) groups excluding carboxylic acids is 3. The van der Waals surface area contributed by atoms with Crippen molar-refractivity contribution in [1.82, 2.24) is 4.98 Å². The third kappa shape index (κ3) is 5.35. The van der Waals surface area contributed by atoms with Gasteiger partial charge in [0.25, 0.3) is 17.7 Å². The van der Waals surface area contributed by atoms with Crippen molar-refractivity contribution >= 4 is 62.9 Å². The Kier molecular flexibility index (Phi) is 7.09. The molecule has 0 unspecified atom stereocenters. The fraction of sp³-hybridized carbons (Fsp3) is 0. The number of benzene rings is 3. The van der Waals surface area contributed by atoms with E-state index in [-0.39, 0.29) is 32.9 Å². The largest absolute Gasteiger partial charge is 0.733 e. The van der Waals surface area contributed by atoms with E-state index < -0.39 is 23.5 Å². The summed E-state index contributed by atoms with van der Waals surface area (Å²) >= 11 is 7.31. The van der Waals surface area contributed by atoms with E-state index in [1.54, 1.807) is 35.7 Å². The molecule has 0 saturated heterocycles. The minimum absolute atomic E-state index is 0.0360. The molecule has 0 fully saturated rings. The SMILES string of the molecule is O=C(Nc1nc(-c2cccc(N([O-])O)c2)cs1)c1cccc(NC2=C(Cl)C(=O)N(c3ccc(F)cc3)C2=O)c1. The topological polar surface area (TPSA) is 138 Å². The number of amides is 3. The molecule has 196 valence electrons. The molecule has 0 saturated carbocycles. The third-order valence-electron chi connectivity index (χ3n) is 5.59. The molecule has 1 aliphatic rings. The lowest BCUT2D eigenvalue weighted by Gasteiger charge is -2.21. The summed E-state index contributed by atoms with van der Waals surface area (Å²) in [6.45, 7) is 0. The molecule has 0 spiro atoms. The van der Waals surface area contributed by atoms with Gasteiger partial charge in [-0.05, 0) is 54.6 Å². The standard InChI is InChI=1S/C26H16ClFN5O5S/c27-21-22(25(36)32(24(21)35)18-9-7-16(28)8-10-18)29-17-5-1-4-15(11-17)23(34)31-26-30-20(13-39-26)14-3-2-6-19(12-14)33(37)38/h1-13,29,37H,(H,30,31,34)/q-1. The van der Waals surface area contributed by atoms with Crippen LogP contribution in [0.3, 0.4) is 0 Å². The van der Waals surface area contributed by atoms with Crippen molar-refractivity contribution in [2.75, 3.05) is 20.8 Å². The average molecular weight is 565 g/mol. The second kappa shape index (κ2) is 10.6. The summed E-state index contributed by atoms with van der Waals surface area (Å²) < 4.78 is 13.3. The molecule has 1 aromatic heterocycles. The second-order valence-electron chi connectivity index (χ2n) is 8.13. The predicted molar refractivity (Wildman–Crippen MR) is 145 cm³/mol. The van der Waals surface area contributed by atoms with Crippen molar-refractivity contribution in [1.29, 1.82) is 0 Å². The summed E-state index contributed by atoms with van der Waals surface area (Å²) in [6, 6.07) is 17.2. The molecular formula is C26H16ClFN5O5S-. The van der Waals surface area contributed by atoms with E-state index in [9.17, 15) is 24.0 Å².